The molecule has 0 bridgehead atoms. The molecule has 0 aromatic heterocycles. The van der Waals surface area contributed by atoms with E-state index in [2.05, 4.69) is 6.58 Å². The third kappa shape index (κ3) is 5.38. The van der Waals surface area contributed by atoms with Crippen molar-refractivity contribution in [2.24, 2.45) is 0 Å². The summed E-state index contributed by atoms with van der Waals surface area (Å²) in [5.74, 6) is 1.00. The Morgan fingerprint density at radius 1 is 1.08 bits per heavy atom. The Hall–Kier alpha value is -2.75. The molecule has 4 heteroatoms. The maximum absolute atomic E-state index is 12.5. The minimum absolute atomic E-state index is 0.306. The lowest BCUT2D eigenvalue weighted by molar-refractivity contribution is -0.160. The van der Waals surface area contributed by atoms with Gasteiger partial charge in [-0.1, -0.05) is 43.0 Å². The van der Waals surface area contributed by atoms with Crippen LogP contribution in [0, 0.1) is 0 Å². The average Bonchev–Trinajstić information content (AvgIpc) is 2.62. The van der Waals surface area contributed by atoms with Crippen molar-refractivity contribution in [2.75, 3.05) is 13.2 Å². The molecule has 0 heterocycles. The van der Waals surface area contributed by atoms with Crippen LogP contribution in [0.5, 0.6) is 11.5 Å². The van der Waals surface area contributed by atoms with Crippen LogP contribution in [0.3, 0.4) is 0 Å². The predicted molar refractivity (Wildman–Crippen MR) is 97.9 cm³/mol. The monoisotopic (exact) mass is 340 g/mol. The zero-order valence-electron chi connectivity index (χ0n) is 14.7. The van der Waals surface area contributed by atoms with Gasteiger partial charge in [0.15, 0.2) is 0 Å². The highest BCUT2D eigenvalue weighted by molar-refractivity contribution is 5.80. The zero-order valence-corrected chi connectivity index (χ0v) is 14.7. The molecular weight excluding hydrogens is 316 g/mol. The largest absolute Gasteiger partial charge is 0.490 e. The van der Waals surface area contributed by atoms with Crippen molar-refractivity contribution in [3.63, 3.8) is 0 Å². The van der Waals surface area contributed by atoms with Gasteiger partial charge in [-0.15, -0.1) is 0 Å². The van der Waals surface area contributed by atoms with Gasteiger partial charge in [-0.05, 0) is 43.7 Å². The van der Waals surface area contributed by atoms with Gasteiger partial charge in [-0.25, -0.2) is 4.79 Å². The van der Waals surface area contributed by atoms with Gasteiger partial charge in [0, 0.05) is 6.42 Å². The molecule has 4 nitrogen and oxygen atoms in total. The van der Waals surface area contributed by atoms with E-state index in [-0.39, 0.29) is 5.97 Å². The summed E-state index contributed by atoms with van der Waals surface area (Å²) >= 11 is 0. The molecule has 1 atom stereocenters. The Labute approximate surface area is 149 Å². The number of rotatable bonds is 9. The summed E-state index contributed by atoms with van der Waals surface area (Å²) < 4.78 is 16.7. The summed E-state index contributed by atoms with van der Waals surface area (Å²) in [6, 6.07) is 16.9. The van der Waals surface area contributed by atoms with Crippen LogP contribution in [0.1, 0.15) is 19.4 Å². The molecule has 0 aliphatic rings. The molecule has 132 valence electrons. The summed E-state index contributed by atoms with van der Waals surface area (Å²) in [6.07, 6.45) is 2.09. The Morgan fingerprint density at radius 2 is 1.76 bits per heavy atom. The van der Waals surface area contributed by atoms with E-state index in [9.17, 15) is 4.79 Å². The third-order valence-corrected chi connectivity index (χ3v) is 3.63. The second-order valence-corrected chi connectivity index (χ2v) is 5.79. The molecule has 0 spiro atoms. The molecule has 0 aliphatic heterocycles. The van der Waals surface area contributed by atoms with Crippen molar-refractivity contribution in [3.05, 3.63) is 72.8 Å². The molecule has 1 unspecified atom stereocenters. The molecule has 0 N–H and O–H groups in total. The summed E-state index contributed by atoms with van der Waals surface area (Å²) in [7, 11) is 0. The lowest BCUT2D eigenvalue weighted by Crippen LogP contribution is -2.45. The Bertz CT molecular complexity index is 679. The van der Waals surface area contributed by atoms with Gasteiger partial charge in [0.25, 0.3) is 0 Å². The fraction of sp³-hybridized carbons (Fsp3) is 0.286. The van der Waals surface area contributed by atoms with E-state index in [4.69, 9.17) is 14.2 Å². The number of carbonyl (C=O) groups excluding carboxylic acids is 1. The number of hydrogen-bond acceptors (Lipinski definition) is 4. The van der Waals surface area contributed by atoms with Crippen molar-refractivity contribution in [1.29, 1.82) is 0 Å². The van der Waals surface area contributed by atoms with E-state index < -0.39 is 5.60 Å². The third-order valence-electron chi connectivity index (χ3n) is 3.63. The van der Waals surface area contributed by atoms with Crippen LogP contribution in [0.2, 0.25) is 0 Å². The highest BCUT2D eigenvalue weighted by atomic mass is 16.6. The van der Waals surface area contributed by atoms with Crippen LogP contribution in [-0.2, 0) is 16.0 Å². The SMILES string of the molecule is C=CCOc1ccc(CC(C)(Oc2ccccc2)C(=O)OCC)cc1. The number of hydrogen-bond donors (Lipinski definition) is 0. The van der Waals surface area contributed by atoms with Gasteiger partial charge in [-0.3, -0.25) is 0 Å². The lowest BCUT2D eigenvalue weighted by atomic mass is 9.96. The summed E-state index contributed by atoms with van der Waals surface area (Å²) in [6.45, 7) is 7.92. The smallest absolute Gasteiger partial charge is 0.350 e. The normalized spacial score (nSPS) is 12.7. The molecule has 2 rings (SSSR count). The van der Waals surface area contributed by atoms with E-state index in [0.717, 1.165) is 11.3 Å². The molecule has 0 saturated carbocycles. The highest BCUT2D eigenvalue weighted by Crippen LogP contribution is 2.25. The van der Waals surface area contributed by atoms with Crippen LogP contribution < -0.4 is 9.47 Å². The highest BCUT2D eigenvalue weighted by Gasteiger charge is 2.37. The molecular formula is C21H24O4. The Kier molecular flexibility index (Phi) is 6.63. The second kappa shape index (κ2) is 8.92. The van der Waals surface area contributed by atoms with Crippen molar-refractivity contribution in [1.82, 2.24) is 0 Å². The van der Waals surface area contributed by atoms with Gasteiger partial charge in [-0.2, -0.15) is 0 Å². The maximum atomic E-state index is 12.5. The van der Waals surface area contributed by atoms with E-state index in [0.29, 0.717) is 25.4 Å². The van der Waals surface area contributed by atoms with E-state index in [1.54, 1.807) is 19.9 Å². The molecule has 2 aromatic carbocycles. The average molecular weight is 340 g/mol. The van der Waals surface area contributed by atoms with Crippen molar-refractivity contribution in [3.8, 4) is 11.5 Å². The first kappa shape index (κ1) is 18.6. The van der Waals surface area contributed by atoms with Crippen LogP contribution in [0.15, 0.2) is 67.3 Å². The van der Waals surface area contributed by atoms with Gasteiger partial charge >= 0.3 is 5.97 Å². The number of carbonyl (C=O) groups is 1. The van der Waals surface area contributed by atoms with Crippen LogP contribution >= 0.6 is 0 Å². The number of benzene rings is 2. The maximum Gasteiger partial charge on any atom is 0.350 e. The Balaban J connectivity index is 2.17. The minimum atomic E-state index is -1.11. The standard InChI is InChI=1S/C21H24O4/c1-4-15-24-18-13-11-17(12-14-18)16-21(3,20(22)23-5-2)25-19-9-7-6-8-10-19/h4,6-14H,1,5,15-16H2,2-3H3. The number of ether oxygens (including phenoxy) is 3. The minimum Gasteiger partial charge on any atom is -0.490 e. The first-order valence-electron chi connectivity index (χ1n) is 8.31. The van der Waals surface area contributed by atoms with Crippen molar-refractivity contribution < 1.29 is 19.0 Å². The van der Waals surface area contributed by atoms with Crippen LogP contribution in [-0.4, -0.2) is 24.8 Å². The molecule has 2 aromatic rings. The summed E-state index contributed by atoms with van der Waals surface area (Å²) in [4.78, 5) is 12.5. The molecule has 0 saturated heterocycles. The molecule has 0 fully saturated rings. The topological polar surface area (TPSA) is 44.8 Å². The molecule has 0 radical (unpaired) electrons. The van der Waals surface area contributed by atoms with Gasteiger partial charge in [0.1, 0.15) is 18.1 Å². The molecule has 25 heavy (non-hydrogen) atoms. The number of esters is 1. The van der Waals surface area contributed by atoms with E-state index in [1.807, 2.05) is 54.6 Å². The molecule has 0 aliphatic carbocycles. The quantitative estimate of drug-likeness (QED) is 0.507. The first-order valence-corrected chi connectivity index (χ1v) is 8.31. The Morgan fingerprint density at radius 3 is 2.36 bits per heavy atom. The fourth-order valence-corrected chi connectivity index (χ4v) is 2.43. The van der Waals surface area contributed by atoms with Gasteiger partial charge < -0.3 is 14.2 Å². The summed E-state index contributed by atoms with van der Waals surface area (Å²) in [5, 5.41) is 0. The van der Waals surface area contributed by atoms with Crippen LogP contribution in [0.25, 0.3) is 0 Å². The predicted octanol–water partition coefficient (Wildman–Crippen LogP) is 4.19. The van der Waals surface area contributed by atoms with E-state index in [1.165, 1.54) is 0 Å². The van der Waals surface area contributed by atoms with Gasteiger partial charge in [0.05, 0.1) is 6.61 Å². The van der Waals surface area contributed by atoms with Gasteiger partial charge in [0.2, 0.25) is 5.60 Å². The summed E-state index contributed by atoms with van der Waals surface area (Å²) in [5.41, 5.74) is -0.154. The molecule has 0 amide bonds. The zero-order chi connectivity index (χ0) is 18.1. The first-order chi connectivity index (χ1) is 12.1. The second-order valence-electron chi connectivity index (χ2n) is 5.79. The lowest BCUT2D eigenvalue weighted by Gasteiger charge is -2.28. The number of para-hydroxylation sites is 1. The van der Waals surface area contributed by atoms with Crippen molar-refractivity contribution >= 4 is 5.97 Å². The van der Waals surface area contributed by atoms with E-state index >= 15 is 0 Å². The van der Waals surface area contributed by atoms with Crippen LogP contribution in [0.4, 0.5) is 0 Å². The fourth-order valence-electron chi connectivity index (χ4n) is 2.43. The van der Waals surface area contributed by atoms with Crippen molar-refractivity contribution in [2.45, 2.75) is 25.9 Å².